The summed E-state index contributed by atoms with van der Waals surface area (Å²) in [5.74, 6) is 0.597. The fraction of sp³-hybridized carbons (Fsp3) is 0.143. The van der Waals surface area contributed by atoms with E-state index in [0.717, 1.165) is 5.56 Å². The average Bonchev–Trinajstić information content (AvgIpc) is 1.89. The molecule has 0 atom stereocenters. The quantitative estimate of drug-likeness (QED) is 0.390. The van der Waals surface area contributed by atoms with Crippen LogP contribution in [0.4, 0.5) is 5.82 Å². The van der Waals surface area contributed by atoms with Crippen LogP contribution in [0.5, 0.6) is 0 Å². The summed E-state index contributed by atoms with van der Waals surface area (Å²) in [4.78, 5) is 3.90. The third kappa shape index (κ3) is 2.60. The van der Waals surface area contributed by atoms with Gasteiger partial charge in [-0.05, 0) is 0 Å². The van der Waals surface area contributed by atoms with Crippen molar-refractivity contribution in [2.45, 2.75) is 6.92 Å². The first-order valence-corrected chi connectivity index (χ1v) is 2.84. The van der Waals surface area contributed by atoms with E-state index >= 15 is 0 Å². The molecule has 1 heterocycles. The molecule has 0 amide bonds. The maximum Gasteiger partial charge on any atom is 1.00 e. The van der Waals surface area contributed by atoms with Crippen LogP contribution in [0.3, 0.4) is 0 Å². The summed E-state index contributed by atoms with van der Waals surface area (Å²) in [5, 5.41) is 0. The van der Waals surface area contributed by atoms with Gasteiger partial charge in [0.1, 0.15) is 0 Å². The van der Waals surface area contributed by atoms with Crippen LogP contribution in [0, 0.1) is 6.42 Å². The van der Waals surface area contributed by atoms with Crippen LogP contribution >= 0.6 is 0 Å². The van der Waals surface area contributed by atoms with Gasteiger partial charge in [0.2, 0.25) is 0 Å². The summed E-state index contributed by atoms with van der Waals surface area (Å²) in [5.41, 5.74) is 6.49. The molecular weight excluding hydrogens is 151 g/mol. The molecule has 48 valence electrons. The monoisotopic (exact) mass is 160 g/mol. The largest absolute Gasteiger partial charge is 1.00 e. The second-order valence-electron chi connectivity index (χ2n) is 1.77. The molecule has 1 rings (SSSR count). The average molecular weight is 160 g/mol. The van der Waals surface area contributed by atoms with Gasteiger partial charge in [0.25, 0.3) is 0 Å². The molecule has 2 nitrogen and oxygen atoms in total. The van der Waals surface area contributed by atoms with Crippen molar-refractivity contribution in [1.29, 1.82) is 0 Å². The van der Waals surface area contributed by atoms with Crippen molar-refractivity contribution in [3.8, 4) is 0 Å². The van der Waals surface area contributed by atoms with Crippen molar-refractivity contribution in [3.05, 3.63) is 30.3 Å². The third-order valence-electron chi connectivity index (χ3n) is 1.18. The van der Waals surface area contributed by atoms with E-state index in [0.29, 0.717) is 5.82 Å². The van der Waals surface area contributed by atoms with Gasteiger partial charge in [-0.25, -0.2) is 0 Å². The first-order chi connectivity index (χ1) is 4.34. The smallest absolute Gasteiger partial charge is 0.434 e. The maximum absolute atomic E-state index is 5.49. The van der Waals surface area contributed by atoms with E-state index in [1.165, 1.54) is 0 Å². The molecule has 0 radical (unpaired) electrons. The number of nitrogen functional groups attached to an aromatic ring is 1. The van der Waals surface area contributed by atoms with Gasteiger partial charge in [-0.3, -0.25) is 0 Å². The van der Waals surface area contributed by atoms with Crippen LogP contribution in [0.1, 0.15) is 12.5 Å². The molecule has 0 spiro atoms. The Bertz CT molecular complexity index is 201. The van der Waals surface area contributed by atoms with E-state index in [-0.39, 0.29) is 51.4 Å². The maximum atomic E-state index is 5.49. The summed E-state index contributed by atoms with van der Waals surface area (Å²) in [7, 11) is 0. The Hall–Kier alpha value is 0.456. The molecule has 10 heavy (non-hydrogen) atoms. The van der Waals surface area contributed by atoms with Gasteiger partial charge in [0, 0.05) is 12.0 Å². The number of nitrogens with zero attached hydrogens (tertiary/aromatic N) is 1. The molecule has 0 saturated heterocycles. The van der Waals surface area contributed by atoms with Crippen molar-refractivity contribution in [2.75, 3.05) is 5.73 Å². The van der Waals surface area contributed by atoms with E-state index in [2.05, 4.69) is 4.98 Å². The number of rotatable bonds is 1. The Balaban J connectivity index is 0.000000810. The zero-order chi connectivity index (χ0) is 6.69. The predicted octanol–water partition coefficient (Wildman–Crippen LogP) is -1.76. The number of nitrogens with two attached hydrogens (primary N) is 1. The van der Waals surface area contributed by atoms with Gasteiger partial charge in [0.05, 0.1) is 0 Å². The van der Waals surface area contributed by atoms with Gasteiger partial charge >= 0.3 is 51.4 Å². The summed E-state index contributed by atoms with van der Waals surface area (Å²) in [6.07, 6.45) is 3.62. The molecule has 0 aromatic carbocycles. The Kier molecular flexibility index (Phi) is 5.39. The van der Waals surface area contributed by atoms with Crippen molar-refractivity contribution in [3.63, 3.8) is 0 Å². The first-order valence-electron chi connectivity index (χ1n) is 2.84. The Labute approximate surface area is 104 Å². The van der Waals surface area contributed by atoms with E-state index in [9.17, 15) is 0 Å². The number of anilines is 1. The minimum Gasteiger partial charge on any atom is -0.434 e. The Morgan fingerprint density at radius 3 is 2.70 bits per heavy atom. The fourth-order valence-corrected chi connectivity index (χ4v) is 0.674. The van der Waals surface area contributed by atoms with Crippen molar-refractivity contribution in [1.82, 2.24) is 4.98 Å². The van der Waals surface area contributed by atoms with E-state index < -0.39 is 0 Å². The number of pyridine rings is 1. The molecule has 3 heteroatoms. The Morgan fingerprint density at radius 1 is 1.60 bits per heavy atom. The van der Waals surface area contributed by atoms with Gasteiger partial charge < -0.3 is 10.7 Å². The van der Waals surface area contributed by atoms with Crippen LogP contribution in [0.2, 0.25) is 0 Å². The van der Waals surface area contributed by atoms with E-state index in [1.54, 1.807) is 6.20 Å². The molecule has 0 saturated carbocycles. The normalized spacial score (nSPS) is 8.10. The van der Waals surface area contributed by atoms with Crippen molar-refractivity contribution < 1.29 is 51.4 Å². The summed E-state index contributed by atoms with van der Waals surface area (Å²) in [6, 6.07) is 3.80. The van der Waals surface area contributed by atoms with E-state index in [4.69, 9.17) is 5.73 Å². The zero-order valence-electron chi connectivity index (χ0n) is 6.33. The predicted molar refractivity (Wildman–Crippen MR) is 37.7 cm³/mol. The minimum absolute atomic E-state index is 0. The molecule has 2 N–H and O–H groups in total. The molecule has 1 aromatic rings. The van der Waals surface area contributed by atoms with Crippen molar-refractivity contribution >= 4 is 5.82 Å². The molecular formula is C7H9KN2. The standard InChI is InChI=1S/C7H9N2.K/c1-2-6-4-3-5-9-7(6)8;/h2-5H,1H3,(H2,8,9);/q-1;+1. The van der Waals surface area contributed by atoms with E-state index in [1.807, 2.05) is 25.5 Å². The van der Waals surface area contributed by atoms with Crippen LogP contribution < -0.4 is 57.1 Å². The molecule has 0 bridgehead atoms. The molecule has 0 unspecified atom stereocenters. The topological polar surface area (TPSA) is 38.9 Å². The summed E-state index contributed by atoms with van der Waals surface area (Å²) < 4.78 is 0. The first kappa shape index (κ1) is 10.5. The second-order valence-corrected chi connectivity index (χ2v) is 1.77. The van der Waals surface area contributed by atoms with Crippen LogP contribution in [0.25, 0.3) is 0 Å². The second kappa shape index (κ2) is 5.15. The number of hydrogen-bond acceptors (Lipinski definition) is 2. The SMILES string of the molecule is C[CH-]c1cccnc1N.[K+]. The summed E-state index contributed by atoms with van der Waals surface area (Å²) in [6.45, 7) is 1.94. The van der Waals surface area contributed by atoms with Gasteiger partial charge in [-0.15, -0.1) is 6.07 Å². The number of aromatic nitrogens is 1. The Morgan fingerprint density at radius 2 is 2.30 bits per heavy atom. The van der Waals surface area contributed by atoms with Crippen LogP contribution in [0.15, 0.2) is 18.3 Å². The van der Waals surface area contributed by atoms with Crippen molar-refractivity contribution in [2.24, 2.45) is 0 Å². The third-order valence-corrected chi connectivity index (χ3v) is 1.18. The number of hydrogen-bond donors (Lipinski definition) is 1. The van der Waals surface area contributed by atoms with Crippen LogP contribution in [-0.4, -0.2) is 4.98 Å². The molecule has 1 aromatic heterocycles. The van der Waals surface area contributed by atoms with Gasteiger partial charge in [0.15, 0.2) is 0 Å². The van der Waals surface area contributed by atoms with Gasteiger partial charge in [-0.1, -0.05) is 6.92 Å². The molecule has 0 fully saturated rings. The molecule has 0 aliphatic carbocycles. The van der Waals surface area contributed by atoms with Gasteiger partial charge in [-0.2, -0.15) is 18.1 Å². The summed E-state index contributed by atoms with van der Waals surface area (Å²) >= 11 is 0. The molecule has 0 aliphatic rings. The minimum atomic E-state index is 0. The fourth-order valence-electron chi connectivity index (χ4n) is 0.674. The van der Waals surface area contributed by atoms with Crippen LogP contribution in [-0.2, 0) is 0 Å². The zero-order valence-corrected chi connectivity index (χ0v) is 9.46. The molecule has 0 aliphatic heterocycles.